The molecular formula is C16H25N3. The Morgan fingerprint density at radius 2 is 1.79 bits per heavy atom. The maximum absolute atomic E-state index is 4.60. The first-order valence-corrected chi connectivity index (χ1v) is 7.06. The summed E-state index contributed by atoms with van der Waals surface area (Å²) in [7, 11) is 1.50. The lowest BCUT2D eigenvalue weighted by atomic mass is 10.0. The van der Waals surface area contributed by atoms with E-state index in [1.807, 2.05) is 20.8 Å². The summed E-state index contributed by atoms with van der Waals surface area (Å²) < 4.78 is 0. The minimum absolute atomic E-state index is 1.02. The summed E-state index contributed by atoms with van der Waals surface area (Å²) >= 11 is 0. The van der Waals surface area contributed by atoms with Crippen LogP contribution in [-0.2, 0) is 12.8 Å². The fraction of sp³-hybridized carbons (Fsp3) is 0.438. The zero-order chi connectivity index (χ0) is 14.3. The molecule has 0 fully saturated rings. The number of aryl methyl sites for hydroxylation is 3. The molecule has 2 aromatic rings. The smallest absolute Gasteiger partial charge is 0.103 e. The second-order valence-electron chi connectivity index (χ2n) is 4.16. The third-order valence-corrected chi connectivity index (χ3v) is 3.04. The number of nitrogens with zero attached hydrogens (tertiary/aromatic N) is 1. The molecule has 0 amide bonds. The van der Waals surface area contributed by atoms with Gasteiger partial charge in [0.15, 0.2) is 0 Å². The van der Waals surface area contributed by atoms with Gasteiger partial charge in [-0.2, -0.15) is 0 Å². The molecular weight excluding hydrogens is 234 g/mol. The number of rotatable bonds is 0. The van der Waals surface area contributed by atoms with Crippen molar-refractivity contribution in [2.45, 2.75) is 40.0 Å². The van der Waals surface area contributed by atoms with E-state index in [2.05, 4.69) is 40.0 Å². The van der Waals surface area contributed by atoms with Crippen LogP contribution in [0, 0.1) is 6.92 Å². The lowest BCUT2D eigenvalue weighted by Crippen LogP contribution is -1.87. The standard InChI is InChI=1S/C13H14N2.C2H6.CH5N/c1-9-14-12-8-4-6-10-5-2-3-7-11(10)13(12)15-9;2*1-2/h2-3,5,7H,4,6,8H2,1H3,(H,14,15);1-2H3;2H2,1H3. The average Bonchev–Trinajstić information content (AvgIpc) is 2.76. The Labute approximate surface area is 116 Å². The van der Waals surface area contributed by atoms with Gasteiger partial charge >= 0.3 is 0 Å². The Hall–Kier alpha value is -1.61. The number of aromatic nitrogens is 2. The zero-order valence-electron chi connectivity index (χ0n) is 12.5. The van der Waals surface area contributed by atoms with Crippen LogP contribution in [0.25, 0.3) is 11.3 Å². The van der Waals surface area contributed by atoms with Crippen LogP contribution in [0.3, 0.4) is 0 Å². The van der Waals surface area contributed by atoms with E-state index in [0.29, 0.717) is 0 Å². The Morgan fingerprint density at radius 1 is 1.11 bits per heavy atom. The number of nitrogens with two attached hydrogens (primary N) is 1. The van der Waals surface area contributed by atoms with Crippen LogP contribution in [-0.4, -0.2) is 17.0 Å². The molecule has 3 nitrogen and oxygen atoms in total. The molecule has 3 heteroatoms. The predicted octanol–water partition coefficient (Wildman–Crippen LogP) is 3.47. The van der Waals surface area contributed by atoms with Gasteiger partial charge in [0.1, 0.15) is 5.82 Å². The van der Waals surface area contributed by atoms with E-state index in [1.54, 1.807) is 0 Å². The summed E-state index contributed by atoms with van der Waals surface area (Å²) in [5.41, 5.74) is 9.72. The van der Waals surface area contributed by atoms with Crippen molar-refractivity contribution in [2.24, 2.45) is 5.73 Å². The van der Waals surface area contributed by atoms with Gasteiger partial charge in [-0.1, -0.05) is 38.1 Å². The van der Waals surface area contributed by atoms with Gasteiger partial charge in [-0.25, -0.2) is 4.98 Å². The molecule has 1 aromatic carbocycles. The van der Waals surface area contributed by atoms with E-state index in [9.17, 15) is 0 Å². The number of hydrogen-bond acceptors (Lipinski definition) is 2. The summed E-state index contributed by atoms with van der Waals surface area (Å²) in [6.45, 7) is 6.03. The molecule has 0 bridgehead atoms. The highest BCUT2D eigenvalue weighted by atomic mass is 14.9. The summed E-state index contributed by atoms with van der Waals surface area (Å²) in [5.74, 6) is 1.02. The number of fused-ring (bicyclic) bond motifs is 3. The van der Waals surface area contributed by atoms with Crippen molar-refractivity contribution in [2.75, 3.05) is 7.05 Å². The maximum Gasteiger partial charge on any atom is 0.103 e. The van der Waals surface area contributed by atoms with Crippen LogP contribution in [0.15, 0.2) is 24.3 Å². The lowest BCUT2D eigenvalue weighted by Gasteiger charge is -2.03. The maximum atomic E-state index is 4.60. The highest BCUT2D eigenvalue weighted by Gasteiger charge is 2.16. The molecule has 3 N–H and O–H groups in total. The van der Waals surface area contributed by atoms with E-state index in [0.717, 1.165) is 12.2 Å². The van der Waals surface area contributed by atoms with Gasteiger partial charge in [0, 0.05) is 11.3 Å². The zero-order valence-corrected chi connectivity index (χ0v) is 12.5. The predicted molar refractivity (Wildman–Crippen MR) is 82.2 cm³/mol. The number of benzene rings is 1. The molecule has 0 spiro atoms. The Kier molecular flexibility index (Phi) is 6.30. The van der Waals surface area contributed by atoms with Crippen molar-refractivity contribution in [3.8, 4) is 11.3 Å². The van der Waals surface area contributed by atoms with Crippen LogP contribution in [0.5, 0.6) is 0 Å². The highest BCUT2D eigenvalue weighted by Crippen LogP contribution is 2.30. The van der Waals surface area contributed by atoms with Crippen molar-refractivity contribution < 1.29 is 0 Å². The molecule has 104 valence electrons. The molecule has 0 aliphatic heterocycles. The summed E-state index contributed by atoms with van der Waals surface area (Å²) in [6.07, 6.45) is 3.50. The van der Waals surface area contributed by atoms with Gasteiger partial charge in [0.05, 0.1) is 5.69 Å². The molecule has 0 saturated heterocycles. The molecule has 0 unspecified atom stereocenters. The van der Waals surface area contributed by atoms with Crippen molar-refractivity contribution in [1.82, 2.24) is 9.97 Å². The third-order valence-electron chi connectivity index (χ3n) is 3.04. The number of H-pyrrole nitrogens is 1. The number of imidazole rings is 1. The third kappa shape index (κ3) is 3.44. The summed E-state index contributed by atoms with van der Waals surface area (Å²) in [5, 5.41) is 0. The number of hydrogen-bond donors (Lipinski definition) is 2. The Morgan fingerprint density at radius 3 is 2.53 bits per heavy atom. The molecule has 1 aliphatic carbocycles. The lowest BCUT2D eigenvalue weighted by molar-refractivity contribution is 0.815. The Bertz CT molecular complexity index is 500. The minimum atomic E-state index is 1.02. The average molecular weight is 259 g/mol. The molecule has 0 atom stereocenters. The molecule has 3 rings (SSSR count). The highest BCUT2D eigenvalue weighted by molar-refractivity contribution is 5.67. The van der Waals surface area contributed by atoms with Crippen molar-refractivity contribution in [1.29, 1.82) is 0 Å². The summed E-state index contributed by atoms with van der Waals surface area (Å²) in [6, 6.07) is 8.61. The second-order valence-corrected chi connectivity index (χ2v) is 4.16. The first-order chi connectivity index (χ1) is 9.34. The normalized spacial score (nSPS) is 11.8. The van der Waals surface area contributed by atoms with Gasteiger partial charge in [-0.15, -0.1) is 0 Å². The van der Waals surface area contributed by atoms with Gasteiger partial charge in [-0.3, -0.25) is 0 Å². The van der Waals surface area contributed by atoms with Gasteiger partial charge < -0.3 is 10.7 Å². The van der Waals surface area contributed by atoms with Crippen LogP contribution in [0.4, 0.5) is 0 Å². The van der Waals surface area contributed by atoms with E-state index >= 15 is 0 Å². The number of aromatic amines is 1. The molecule has 19 heavy (non-hydrogen) atoms. The molecule has 1 aromatic heterocycles. The van der Waals surface area contributed by atoms with E-state index in [-0.39, 0.29) is 0 Å². The van der Waals surface area contributed by atoms with Crippen molar-refractivity contribution in [3.05, 3.63) is 41.3 Å². The van der Waals surface area contributed by atoms with E-state index in [1.165, 1.54) is 42.4 Å². The van der Waals surface area contributed by atoms with Crippen molar-refractivity contribution >= 4 is 0 Å². The Balaban J connectivity index is 0.000000415. The topological polar surface area (TPSA) is 54.7 Å². The van der Waals surface area contributed by atoms with E-state index in [4.69, 9.17) is 0 Å². The monoisotopic (exact) mass is 259 g/mol. The fourth-order valence-corrected chi connectivity index (χ4v) is 2.37. The molecule has 0 saturated carbocycles. The minimum Gasteiger partial charge on any atom is -0.346 e. The van der Waals surface area contributed by atoms with Crippen LogP contribution in [0.2, 0.25) is 0 Å². The fourth-order valence-electron chi connectivity index (χ4n) is 2.37. The van der Waals surface area contributed by atoms with Gasteiger partial charge in [0.2, 0.25) is 0 Å². The second kappa shape index (κ2) is 7.74. The quantitative estimate of drug-likeness (QED) is 0.761. The molecule has 1 aliphatic rings. The SMILES string of the molecule is CC.CN.Cc1nc2c([nH]1)CCCc1ccccc1-2. The van der Waals surface area contributed by atoms with Crippen LogP contribution < -0.4 is 5.73 Å². The van der Waals surface area contributed by atoms with Crippen molar-refractivity contribution in [3.63, 3.8) is 0 Å². The number of nitrogens with one attached hydrogen (secondary N) is 1. The van der Waals surface area contributed by atoms with Gasteiger partial charge in [-0.05, 0) is 38.8 Å². The largest absolute Gasteiger partial charge is 0.346 e. The molecule has 1 heterocycles. The van der Waals surface area contributed by atoms with Crippen LogP contribution in [0.1, 0.15) is 37.4 Å². The molecule has 0 radical (unpaired) electrons. The first kappa shape index (κ1) is 15.4. The van der Waals surface area contributed by atoms with E-state index < -0.39 is 0 Å². The summed E-state index contributed by atoms with van der Waals surface area (Å²) in [4.78, 5) is 7.96. The first-order valence-electron chi connectivity index (χ1n) is 7.06. The van der Waals surface area contributed by atoms with Crippen LogP contribution >= 0.6 is 0 Å². The van der Waals surface area contributed by atoms with Gasteiger partial charge in [0.25, 0.3) is 0 Å².